The molecule has 0 bridgehead atoms. The molecule has 19 heavy (non-hydrogen) atoms. The molecule has 3 rings (SSSR count). The van der Waals surface area contributed by atoms with E-state index in [4.69, 9.17) is 9.72 Å². The number of nitrogens with one attached hydrogen (secondary N) is 1. The first-order valence-electron chi connectivity index (χ1n) is 7.09. The zero-order valence-electron chi connectivity index (χ0n) is 11.3. The second-order valence-electron chi connectivity index (χ2n) is 5.14. The minimum absolute atomic E-state index is 0.526. The van der Waals surface area contributed by atoms with Crippen molar-refractivity contribution in [3.05, 3.63) is 23.5 Å². The van der Waals surface area contributed by atoms with Gasteiger partial charge in [0.25, 0.3) is 0 Å². The highest BCUT2D eigenvalue weighted by molar-refractivity contribution is 7.15. The van der Waals surface area contributed by atoms with E-state index < -0.39 is 0 Å². The van der Waals surface area contributed by atoms with Gasteiger partial charge >= 0.3 is 0 Å². The molecule has 1 N–H and O–H groups in total. The van der Waals surface area contributed by atoms with Crippen LogP contribution >= 0.6 is 11.3 Å². The van der Waals surface area contributed by atoms with E-state index >= 15 is 0 Å². The number of thiazole rings is 1. The van der Waals surface area contributed by atoms with Crippen LogP contribution in [0.4, 0.5) is 0 Å². The van der Waals surface area contributed by atoms with E-state index in [-0.39, 0.29) is 0 Å². The largest absolute Gasteiger partial charge is 0.381 e. The topological polar surface area (TPSA) is 38.6 Å². The average Bonchev–Trinajstić information content (AvgIpc) is 3.00. The summed E-state index contributed by atoms with van der Waals surface area (Å²) < 4.78 is 7.59. The molecular formula is C14H21N3OS. The van der Waals surface area contributed by atoms with Crippen LogP contribution in [0.5, 0.6) is 0 Å². The number of ether oxygens (including phenoxy) is 1. The molecule has 0 amide bonds. The van der Waals surface area contributed by atoms with Crippen LogP contribution in [0, 0.1) is 5.92 Å². The van der Waals surface area contributed by atoms with Crippen molar-refractivity contribution in [1.82, 2.24) is 14.7 Å². The fourth-order valence-electron chi connectivity index (χ4n) is 2.89. The van der Waals surface area contributed by atoms with Crippen molar-refractivity contribution < 1.29 is 4.74 Å². The molecule has 0 aliphatic carbocycles. The molecule has 0 saturated carbocycles. The third-order valence-corrected chi connectivity index (χ3v) is 4.64. The lowest BCUT2D eigenvalue weighted by Gasteiger charge is -2.30. The molecule has 1 aliphatic heterocycles. The highest BCUT2D eigenvalue weighted by Crippen LogP contribution is 2.22. The Morgan fingerprint density at radius 2 is 2.37 bits per heavy atom. The first kappa shape index (κ1) is 13.1. The molecular weight excluding hydrogens is 258 g/mol. The fourth-order valence-corrected chi connectivity index (χ4v) is 3.60. The molecule has 3 heterocycles. The Balaban J connectivity index is 1.70. The molecule has 0 radical (unpaired) electrons. The number of rotatable bonds is 5. The monoisotopic (exact) mass is 279 g/mol. The van der Waals surface area contributed by atoms with E-state index in [1.165, 1.54) is 18.5 Å². The highest BCUT2D eigenvalue weighted by atomic mass is 32.1. The quantitative estimate of drug-likeness (QED) is 0.913. The molecule has 2 aromatic heterocycles. The van der Waals surface area contributed by atoms with Crippen LogP contribution in [0.2, 0.25) is 0 Å². The van der Waals surface area contributed by atoms with Crippen LogP contribution in [0.3, 0.4) is 0 Å². The second kappa shape index (κ2) is 6.03. The van der Waals surface area contributed by atoms with Gasteiger partial charge in [-0.15, -0.1) is 11.3 Å². The van der Waals surface area contributed by atoms with Crippen molar-refractivity contribution >= 4 is 16.3 Å². The summed E-state index contributed by atoms with van der Waals surface area (Å²) in [6, 6.07) is 0.526. The Hall–Kier alpha value is -0.910. The van der Waals surface area contributed by atoms with E-state index in [1.54, 1.807) is 11.3 Å². The lowest BCUT2D eigenvalue weighted by Crippen LogP contribution is -2.40. The lowest BCUT2D eigenvalue weighted by molar-refractivity contribution is 0.0539. The van der Waals surface area contributed by atoms with E-state index in [0.717, 1.165) is 31.1 Å². The summed E-state index contributed by atoms with van der Waals surface area (Å²) in [5.74, 6) is 0.716. The molecule has 104 valence electrons. The zero-order chi connectivity index (χ0) is 13.1. The van der Waals surface area contributed by atoms with Crippen molar-refractivity contribution in [1.29, 1.82) is 0 Å². The van der Waals surface area contributed by atoms with Gasteiger partial charge in [-0.3, -0.25) is 4.40 Å². The molecule has 5 heteroatoms. The standard InChI is InChI=1S/C14H21N3OS/c1-2-15-13(11-3-6-18-7-4-11)9-12-10-17-5-8-19-14(17)16-12/h5,8,10-11,13,15H,2-4,6-7,9H2,1H3. The maximum absolute atomic E-state index is 5.47. The van der Waals surface area contributed by atoms with Crippen molar-refractivity contribution in [2.45, 2.75) is 32.2 Å². The first-order chi connectivity index (χ1) is 9.36. The number of likely N-dealkylation sites (N-methyl/N-ethyl adjacent to an activating group) is 1. The number of fused-ring (bicyclic) bond motifs is 1. The van der Waals surface area contributed by atoms with Crippen LogP contribution in [-0.4, -0.2) is 35.2 Å². The fraction of sp³-hybridized carbons (Fsp3) is 0.643. The summed E-state index contributed by atoms with van der Waals surface area (Å²) in [6.07, 6.45) is 7.59. The highest BCUT2D eigenvalue weighted by Gasteiger charge is 2.24. The molecule has 2 aromatic rings. The van der Waals surface area contributed by atoms with Gasteiger partial charge in [0.05, 0.1) is 5.69 Å². The minimum atomic E-state index is 0.526. The van der Waals surface area contributed by atoms with Crippen molar-refractivity contribution in [3.63, 3.8) is 0 Å². The Bertz CT molecular complexity index is 487. The number of hydrogen-bond donors (Lipinski definition) is 1. The smallest absolute Gasteiger partial charge is 0.193 e. The summed E-state index contributed by atoms with van der Waals surface area (Å²) in [5, 5.41) is 5.71. The van der Waals surface area contributed by atoms with Gasteiger partial charge in [0, 0.05) is 43.5 Å². The maximum atomic E-state index is 5.47. The summed E-state index contributed by atoms with van der Waals surface area (Å²) in [5.41, 5.74) is 1.20. The van der Waals surface area contributed by atoms with Crippen LogP contribution in [0.1, 0.15) is 25.5 Å². The van der Waals surface area contributed by atoms with Crippen molar-refractivity contribution in [2.75, 3.05) is 19.8 Å². The first-order valence-corrected chi connectivity index (χ1v) is 7.97. The summed E-state index contributed by atoms with van der Waals surface area (Å²) in [6.45, 7) is 5.01. The number of aromatic nitrogens is 2. The van der Waals surface area contributed by atoms with Crippen molar-refractivity contribution in [2.24, 2.45) is 5.92 Å². The van der Waals surface area contributed by atoms with Gasteiger partial charge in [-0.2, -0.15) is 0 Å². The van der Waals surface area contributed by atoms with Crippen LogP contribution in [0.15, 0.2) is 17.8 Å². The van der Waals surface area contributed by atoms with Crippen molar-refractivity contribution in [3.8, 4) is 0 Å². The predicted octanol–water partition coefficient (Wildman–Crippen LogP) is 2.34. The Labute approximate surface area is 117 Å². The Morgan fingerprint density at radius 1 is 1.53 bits per heavy atom. The molecule has 0 spiro atoms. The average molecular weight is 279 g/mol. The maximum Gasteiger partial charge on any atom is 0.193 e. The van der Waals surface area contributed by atoms with Gasteiger partial charge in [0.15, 0.2) is 4.96 Å². The summed E-state index contributed by atoms with van der Waals surface area (Å²) >= 11 is 1.70. The molecule has 1 fully saturated rings. The van der Waals surface area contributed by atoms with Crippen LogP contribution < -0.4 is 5.32 Å². The Morgan fingerprint density at radius 3 is 3.11 bits per heavy atom. The number of imidazole rings is 1. The Kier molecular flexibility index (Phi) is 4.15. The molecule has 4 nitrogen and oxygen atoms in total. The SMILES string of the molecule is CCNC(Cc1cn2ccsc2n1)C1CCOCC1. The predicted molar refractivity (Wildman–Crippen MR) is 77.8 cm³/mol. The third kappa shape index (κ3) is 2.99. The van der Waals surface area contributed by atoms with Crippen LogP contribution in [0.25, 0.3) is 4.96 Å². The molecule has 0 aromatic carbocycles. The summed E-state index contributed by atoms with van der Waals surface area (Å²) in [7, 11) is 0. The van der Waals surface area contributed by atoms with E-state index in [2.05, 4.69) is 34.4 Å². The molecule has 1 atom stereocenters. The number of hydrogen-bond acceptors (Lipinski definition) is 4. The second-order valence-corrected chi connectivity index (χ2v) is 6.02. The van der Waals surface area contributed by atoms with Gasteiger partial charge < -0.3 is 10.1 Å². The van der Waals surface area contributed by atoms with E-state index in [9.17, 15) is 0 Å². The third-order valence-electron chi connectivity index (χ3n) is 3.87. The minimum Gasteiger partial charge on any atom is -0.381 e. The molecule has 1 aliphatic rings. The van der Waals surface area contributed by atoms with E-state index in [0.29, 0.717) is 12.0 Å². The zero-order valence-corrected chi connectivity index (χ0v) is 12.2. The normalized spacial score (nSPS) is 19.0. The summed E-state index contributed by atoms with van der Waals surface area (Å²) in [4.78, 5) is 5.79. The van der Waals surface area contributed by atoms with Gasteiger partial charge in [0.2, 0.25) is 0 Å². The van der Waals surface area contributed by atoms with Gasteiger partial charge in [0.1, 0.15) is 0 Å². The van der Waals surface area contributed by atoms with Crippen LogP contribution in [-0.2, 0) is 11.2 Å². The van der Waals surface area contributed by atoms with E-state index in [1.807, 2.05) is 0 Å². The lowest BCUT2D eigenvalue weighted by atomic mass is 9.89. The van der Waals surface area contributed by atoms with Gasteiger partial charge in [-0.1, -0.05) is 6.92 Å². The van der Waals surface area contributed by atoms with Gasteiger partial charge in [-0.05, 0) is 25.3 Å². The number of nitrogens with zero attached hydrogens (tertiary/aromatic N) is 2. The molecule has 1 unspecified atom stereocenters. The van der Waals surface area contributed by atoms with Gasteiger partial charge in [-0.25, -0.2) is 4.98 Å². The molecule has 1 saturated heterocycles.